The van der Waals surface area contributed by atoms with Crippen LogP contribution in [0.15, 0.2) is 72.8 Å². The second-order valence-electron chi connectivity index (χ2n) is 9.57. The Hall–Kier alpha value is -3.64. The molecule has 36 heavy (non-hydrogen) atoms. The molecular weight excluding hydrogens is 449 g/mol. The molecule has 1 aliphatic rings. The molecule has 1 atom stereocenters. The molecule has 0 aliphatic carbocycles. The standard InChI is InChI=1S/C30H34FN5/c1-4-35(5-2)26-16-8-22(9-17-26)18-34-19-27(23-10-6-21(3)7-11-23)36-28(20-34)33-29(30(36)32)24-12-14-25(31)15-13-24/h6-17,27H,4-5,18-20,32H2,1-3H3. The third-order valence-corrected chi connectivity index (χ3v) is 7.18. The summed E-state index contributed by atoms with van der Waals surface area (Å²) in [4.78, 5) is 9.76. The van der Waals surface area contributed by atoms with Crippen LogP contribution in [0, 0.1) is 12.7 Å². The van der Waals surface area contributed by atoms with Gasteiger partial charge in [0.15, 0.2) is 0 Å². The zero-order valence-corrected chi connectivity index (χ0v) is 21.3. The summed E-state index contributed by atoms with van der Waals surface area (Å²) < 4.78 is 15.7. The number of halogens is 1. The van der Waals surface area contributed by atoms with Crippen molar-refractivity contribution in [2.24, 2.45) is 0 Å². The van der Waals surface area contributed by atoms with Gasteiger partial charge in [0.25, 0.3) is 0 Å². The van der Waals surface area contributed by atoms with Gasteiger partial charge in [-0.25, -0.2) is 9.37 Å². The van der Waals surface area contributed by atoms with Crippen LogP contribution >= 0.6 is 0 Å². The van der Waals surface area contributed by atoms with Gasteiger partial charge in [0.05, 0.1) is 12.6 Å². The average molecular weight is 484 g/mol. The highest BCUT2D eigenvalue weighted by Crippen LogP contribution is 2.36. The molecule has 0 radical (unpaired) electrons. The Bertz CT molecular complexity index is 1310. The molecule has 0 amide bonds. The Balaban J connectivity index is 1.48. The summed E-state index contributed by atoms with van der Waals surface area (Å²) in [7, 11) is 0. The average Bonchev–Trinajstić information content (AvgIpc) is 3.22. The van der Waals surface area contributed by atoms with Gasteiger partial charge < -0.3 is 15.2 Å². The van der Waals surface area contributed by atoms with E-state index in [0.717, 1.165) is 37.6 Å². The van der Waals surface area contributed by atoms with Crippen LogP contribution in [0.4, 0.5) is 15.9 Å². The van der Waals surface area contributed by atoms with Crippen molar-refractivity contribution in [2.45, 2.75) is 39.9 Å². The predicted molar refractivity (Wildman–Crippen MR) is 145 cm³/mol. The van der Waals surface area contributed by atoms with E-state index in [1.54, 1.807) is 12.1 Å². The van der Waals surface area contributed by atoms with Crippen LogP contribution in [0.25, 0.3) is 11.3 Å². The SMILES string of the molecule is CCN(CC)c1ccc(CN2Cc3nc(-c4ccc(F)cc4)c(N)n3C(c3ccc(C)cc3)C2)cc1. The maximum atomic E-state index is 13.5. The molecule has 0 spiro atoms. The summed E-state index contributed by atoms with van der Waals surface area (Å²) in [6.07, 6.45) is 0. The molecular formula is C30H34FN5. The second-order valence-corrected chi connectivity index (χ2v) is 9.57. The lowest BCUT2D eigenvalue weighted by Gasteiger charge is -2.35. The van der Waals surface area contributed by atoms with Gasteiger partial charge in [-0.3, -0.25) is 4.90 Å². The molecule has 0 bridgehead atoms. The fourth-order valence-corrected chi connectivity index (χ4v) is 5.19. The Morgan fingerprint density at radius 3 is 2.25 bits per heavy atom. The summed E-state index contributed by atoms with van der Waals surface area (Å²) in [6.45, 7) is 10.8. The lowest BCUT2D eigenvalue weighted by atomic mass is 10.0. The number of aromatic nitrogens is 2. The summed E-state index contributed by atoms with van der Waals surface area (Å²) in [6, 6.07) is 24.0. The molecule has 2 N–H and O–H groups in total. The van der Waals surface area contributed by atoms with Crippen LogP contribution in [-0.2, 0) is 13.1 Å². The number of nitrogens with two attached hydrogens (primary N) is 1. The van der Waals surface area contributed by atoms with Crippen molar-refractivity contribution in [3.05, 3.63) is 101 Å². The van der Waals surface area contributed by atoms with Gasteiger partial charge in [-0.05, 0) is 68.3 Å². The van der Waals surface area contributed by atoms with Crippen molar-refractivity contribution in [3.63, 3.8) is 0 Å². The highest BCUT2D eigenvalue weighted by Gasteiger charge is 2.31. The quantitative estimate of drug-likeness (QED) is 0.349. The minimum absolute atomic E-state index is 0.0472. The normalized spacial score (nSPS) is 15.6. The number of anilines is 2. The minimum atomic E-state index is -0.267. The second kappa shape index (κ2) is 10.2. The highest BCUT2D eigenvalue weighted by molar-refractivity contribution is 5.71. The zero-order valence-electron chi connectivity index (χ0n) is 21.3. The molecule has 5 rings (SSSR count). The smallest absolute Gasteiger partial charge is 0.132 e. The van der Waals surface area contributed by atoms with E-state index in [9.17, 15) is 4.39 Å². The fraction of sp³-hybridized carbons (Fsp3) is 0.300. The van der Waals surface area contributed by atoms with Crippen LogP contribution in [0.1, 0.15) is 42.4 Å². The molecule has 0 saturated carbocycles. The fourth-order valence-electron chi connectivity index (χ4n) is 5.19. The number of hydrogen-bond donors (Lipinski definition) is 1. The lowest BCUT2D eigenvalue weighted by molar-refractivity contribution is 0.190. The topological polar surface area (TPSA) is 50.3 Å². The Kier molecular flexibility index (Phi) is 6.79. The Morgan fingerprint density at radius 1 is 0.944 bits per heavy atom. The molecule has 6 heteroatoms. The van der Waals surface area contributed by atoms with Crippen LogP contribution in [0.2, 0.25) is 0 Å². The van der Waals surface area contributed by atoms with Crippen LogP contribution in [0.5, 0.6) is 0 Å². The summed E-state index contributed by atoms with van der Waals surface area (Å²) in [5, 5.41) is 0. The van der Waals surface area contributed by atoms with Gasteiger partial charge in [-0.2, -0.15) is 0 Å². The van der Waals surface area contributed by atoms with Gasteiger partial charge in [-0.1, -0.05) is 42.0 Å². The van der Waals surface area contributed by atoms with Gasteiger partial charge >= 0.3 is 0 Å². The Morgan fingerprint density at radius 2 is 1.61 bits per heavy atom. The molecule has 0 saturated heterocycles. The molecule has 1 unspecified atom stereocenters. The van der Waals surface area contributed by atoms with E-state index in [0.29, 0.717) is 18.1 Å². The molecule has 3 aromatic carbocycles. The summed E-state index contributed by atoms with van der Waals surface area (Å²) in [5.41, 5.74) is 13.2. The van der Waals surface area contributed by atoms with Crippen molar-refractivity contribution in [1.82, 2.24) is 14.5 Å². The van der Waals surface area contributed by atoms with Crippen LogP contribution in [0.3, 0.4) is 0 Å². The predicted octanol–water partition coefficient (Wildman–Crippen LogP) is 6.03. The van der Waals surface area contributed by atoms with Gasteiger partial charge in [0.2, 0.25) is 0 Å². The number of fused-ring (bicyclic) bond motifs is 1. The molecule has 5 nitrogen and oxygen atoms in total. The van der Waals surface area contributed by atoms with Gasteiger partial charge in [0, 0.05) is 37.4 Å². The third-order valence-electron chi connectivity index (χ3n) is 7.18. The van der Waals surface area contributed by atoms with E-state index in [1.165, 1.54) is 34.5 Å². The number of rotatable bonds is 7. The van der Waals surface area contributed by atoms with Crippen molar-refractivity contribution in [2.75, 3.05) is 30.3 Å². The van der Waals surface area contributed by atoms with Crippen LogP contribution in [-0.4, -0.2) is 34.1 Å². The summed E-state index contributed by atoms with van der Waals surface area (Å²) >= 11 is 0. The number of aryl methyl sites for hydroxylation is 1. The molecule has 4 aromatic rings. The number of nitrogens with zero attached hydrogens (tertiary/aromatic N) is 4. The summed E-state index contributed by atoms with van der Waals surface area (Å²) in [5.74, 6) is 1.30. The first-order valence-electron chi connectivity index (χ1n) is 12.7. The molecule has 1 aromatic heterocycles. The van der Waals surface area contributed by atoms with E-state index in [2.05, 4.69) is 83.7 Å². The van der Waals surface area contributed by atoms with E-state index < -0.39 is 0 Å². The first-order valence-corrected chi connectivity index (χ1v) is 12.7. The number of imidazole rings is 1. The van der Waals surface area contributed by atoms with E-state index >= 15 is 0 Å². The molecule has 186 valence electrons. The van der Waals surface area contributed by atoms with Crippen molar-refractivity contribution >= 4 is 11.5 Å². The molecule has 2 heterocycles. The first-order chi connectivity index (χ1) is 17.5. The van der Waals surface area contributed by atoms with E-state index in [4.69, 9.17) is 10.7 Å². The van der Waals surface area contributed by atoms with Crippen molar-refractivity contribution in [3.8, 4) is 11.3 Å². The number of hydrogen-bond acceptors (Lipinski definition) is 4. The Labute approximate surface area is 213 Å². The van der Waals surface area contributed by atoms with Gasteiger partial charge in [-0.15, -0.1) is 0 Å². The molecule has 0 fully saturated rings. The van der Waals surface area contributed by atoms with Crippen LogP contribution < -0.4 is 10.6 Å². The maximum Gasteiger partial charge on any atom is 0.132 e. The first kappa shape index (κ1) is 24.1. The van der Waals surface area contributed by atoms with E-state index in [-0.39, 0.29) is 11.9 Å². The van der Waals surface area contributed by atoms with Gasteiger partial charge in [0.1, 0.15) is 23.2 Å². The van der Waals surface area contributed by atoms with E-state index in [1.807, 2.05) is 0 Å². The third kappa shape index (κ3) is 4.73. The highest BCUT2D eigenvalue weighted by atomic mass is 19.1. The number of benzene rings is 3. The maximum absolute atomic E-state index is 13.5. The lowest BCUT2D eigenvalue weighted by Crippen LogP contribution is -2.38. The largest absolute Gasteiger partial charge is 0.383 e. The minimum Gasteiger partial charge on any atom is -0.383 e. The molecule has 1 aliphatic heterocycles. The zero-order chi connectivity index (χ0) is 25.2. The monoisotopic (exact) mass is 483 g/mol. The van der Waals surface area contributed by atoms with Crippen molar-refractivity contribution in [1.29, 1.82) is 0 Å². The number of nitrogen functional groups attached to an aromatic ring is 1. The van der Waals surface area contributed by atoms with Crippen molar-refractivity contribution < 1.29 is 4.39 Å².